The van der Waals surface area contributed by atoms with Crippen LogP contribution in [0.1, 0.15) is 41.2 Å². The number of benzene rings is 2. The lowest BCUT2D eigenvalue weighted by atomic mass is 10.0. The Hall–Kier alpha value is -1.92. The molecule has 144 valence electrons. The van der Waals surface area contributed by atoms with Crippen LogP contribution in [0.2, 0.25) is 0 Å². The maximum absolute atomic E-state index is 13.3. The van der Waals surface area contributed by atoms with Crippen LogP contribution < -0.4 is 10.1 Å². The van der Waals surface area contributed by atoms with Gasteiger partial charge in [0.1, 0.15) is 11.6 Å². The lowest BCUT2D eigenvalue weighted by Gasteiger charge is -2.35. The number of nitrogens with one attached hydrogen (secondary N) is 1. The van der Waals surface area contributed by atoms with E-state index in [2.05, 4.69) is 38.3 Å². The molecule has 2 aromatic carbocycles. The first-order chi connectivity index (χ1) is 13.1. The van der Waals surface area contributed by atoms with E-state index in [9.17, 15) is 9.18 Å². The fraction of sp³-hybridized carbons (Fsp3) is 0.381. The van der Waals surface area contributed by atoms with Crippen LogP contribution >= 0.6 is 15.9 Å². The van der Waals surface area contributed by atoms with Gasteiger partial charge in [-0.05, 0) is 77.8 Å². The molecule has 1 heterocycles. The second-order valence-electron chi connectivity index (χ2n) is 6.72. The topological polar surface area (TPSA) is 41.6 Å². The fourth-order valence-electron chi connectivity index (χ4n) is 3.47. The number of hydrogen-bond donors (Lipinski definition) is 1. The number of piperidine rings is 1. The van der Waals surface area contributed by atoms with Crippen LogP contribution in [-0.2, 0) is 0 Å². The van der Waals surface area contributed by atoms with Crippen molar-refractivity contribution in [2.24, 2.45) is 0 Å². The van der Waals surface area contributed by atoms with Gasteiger partial charge < -0.3 is 10.1 Å². The van der Waals surface area contributed by atoms with E-state index in [1.165, 1.54) is 37.5 Å². The molecule has 0 aliphatic carbocycles. The average Bonchev–Trinajstić information content (AvgIpc) is 2.69. The molecule has 0 bridgehead atoms. The minimum atomic E-state index is -0.372. The van der Waals surface area contributed by atoms with Crippen LogP contribution in [0.3, 0.4) is 0 Å². The standard InChI is InChI=1S/C21H24BrFN2O2/c1-27-17-8-5-15(6-9-17)20(25-11-3-2-4-12-25)14-24-21(26)18-10-7-16(23)13-19(18)22/h5-10,13,20H,2-4,11-12,14H2,1H3,(H,24,26). The normalized spacial score (nSPS) is 16.0. The Balaban J connectivity index is 1.75. The molecular weight excluding hydrogens is 411 g/mol. The molecule has 4 nitrogen and oxygen atoms in total. The number of nitrogens with zero attached hydrogens (tertiary/aromatic N) is 1. The number of ether oxygens (including phenoxy) is 1. The van der Waals surface area contributed by atoms with Crippen molar-refractivity contribution in [1.82, 2.24) is 10.2 Å². The van der Waals surface area contributed by atoms with E-state index in [4.69, 9.17) is 4.74 Å². The lowest BCUT2D eigenvalue weighted by molar-refractivity contribution is 0.0923. The molecule has 1 saturated heterocycles. The zero-order valence-electron chi connectivity index (χ0n) is 15.4. The Kier molecular flexibility index (Phi) is 6.85. The van der Waals surface area contributed by atoms with Gasteiger partial charge in [0.2, 0.25) is 0 Å². The number of amides is 1. The average molecular weight is 435 g/mol. The molecule has 1 aliphatic heterocycles. The summed E-state index contributed by atoms with van der Waals surface area (Å²) in [6.07, 6.45) is 3.59. The Labute approximate surface area is 167 Å². The molecular formula is C21H24BrFN2O2. The third-order valence-corrected chi connectivity index (χ3v) is 5.62. The van der Waals surface area contributed by atoms with Crippen molar-refractivity contribution >= 4 is 21.8 Å². The van der Waals surface area contributed by atoms with E-state index >= 15 is 0 Å². The van der Waals surface area contributed by atoms with Crippen molar-refractivity contribution in [3.8, 4) is 5.75 Å². The summed E-state index contributed by atoms with van der Waals surface area (Å²) in [7, 11) is 1.65. The zero-order chi connectivity index (χ0) is 19.2. The smallest absolute Gasteiger partial charge is 0.252 e. The van der Waals surface area contributed by atoms with Crippen molar-refractivity contribution in [1.29, 1.82) is 0 Å². The monoisotopic (exact) mass is 434 g/mol. The van der Waals surface area contributed by atoms with Crippen molar-refractivity contribution < 1.29 is 13.9 Å². The molecule has 27 heavy (non-hydrogen) atoms. The summed E-state index contributed by atoms with van der Waals surface area (Å²) in [5, 5.41) is 3.02. The first-order valence-corrected chi connectivity index (χ1v) is 9.99. The predicted molar refractivity (Wildman–Crippen MR) is 108 cm³/mol. The summed E-state index contributed by atoms with van der Waals surface area (Å²) in [6, 6.07) is 12.2. The van der Waals surface area contributed by atoms with E-state index in [-0.39, 0.29) is 17.8 Å². The first kappa shape index (κ1) is 19.8. The molecule has 1 fully saturated rings. The summed E-state index contributed by atoms with van der Waals surface area (Å²) >= 11 is 3.27. The van der Waals surface area contributed by atoms with Gasteiger partial charge in [0, 0.05) is 11.0 Å². The van der Waals surface area contributed by atoms with Gasteiger partial charge in [-0.25, -0.2) is 4.39 Å². The molecule has 0 spiro atoms. The molecule has 3 rings (SSSR count). The lowest BCUT2D eigenvalue weighted by Crippen LogP contribution is -2.40. The quantitative estimate of drug-likeness (QED) is 0.724. The molecule has 1 atom stereocenters. The van der Waals surface area contributed by atoms with Crippen LogP contribution in [0.25, 0.3) is 0 Å². The van der Waals surface area contributed by atoms with E-state index in [1.807, 2.05) is 12.1 Å². The van der Waals surface area contributed by atoms with Gasteiger partial charge in [-0.1, -0.05) is 18.6 Å². The molecule has 2 aromatic rings. The zero-order valence-corrected chi connectivity index (χ0v) is 17.0. The Morgan fingerprint density at radius 3 is 2.52 bits per heavy atom. The second-order valence-corrected chi connectivity index (χ2v) is 7.57. The molecule has 0 radical (unpaired) electrons. The summed E-state index contributed by atoms with van der Waals surface area (Å²) in [5.41, 5.74) is 1.58. The highest BCUT2D eigenvalue weighted by molar-refractivity contribution is 9.10. The van der Waals surface area contributed by atoms with Gasteiger partial charge in [-0.3, -0.25) is 9.69 Å². The van der Waals surface area contributed by atoms with Crippen LogP contribution in [0.15, 0.2) is 46.9 Å². The number of hydrogen-bond acceptors (Lipinski definition) is 3. The number of halogens is 2. The van der Waals surface area contributed by atoms with Gasteiger partial charge in [0.05, 0.1) is 18.7 Å². The van der Waals surface area contributed by atoms with Crippen molar-refractivity contribution in [2.45, 2.75) is 25.3 Å². The van der Waals surface area contributed by atoms with E-state index in [0.29, 0.717) is 16.6 Å². The van der Waals surface area contributed by atoms with Gasteiger partial charge in [-0.15, -0.1) is 0 Å². The maximum atomic E-state index is 13.3. The SMILES string of the molecule is COc1ccc(C(CNC(=O)c2ccc(F)cc2Br)N2CCCCC2)cc1. The van der Waals surface area contributed by atoms with Crippen LogP contribution in [-0.4, -0.2) is 37.6 Å². The first-order valence-electron chi connectivity index (χ1n) is 9.19. The number of rotatable bonds is 6. The van der Waals surface area contributed by atoms with E-state index in [1.54, 1.807) is 7.11 Å². The Morgan fingerprint density at radius 1 is 1.19 bits per heavy atom. The fourth-order valence-corrected chi connectivity index (χ4v) is 4.00. The van der Waals surface area contributed by atoms with Crippen molar-refractivity contribution in [2.75, 3.05) is 26.7 Å². The number of likely N-dealkylation sites (tertiary alicyclic amines) is 1. The number of carbonyl (C=O) groups excluding carboxylic acids is 1. The van der Waals surface area contributed by atoms with Gasteiger partial charge in [-0.2, -0.15) is 0 Å². The van der Waals surface area contributed by atoms with Crippen molar-refractivity contribution in [3.05, 3.63) is 63.9 Å². The molecule has 1 unspecified atom stereocenters. The number of carbonyl (C=O) groups is 1. The number of methoxy groups -OCH3 is 1. The summed E-state index contributed by atoms with van der Waals surface area (Å²) in [4.78, 5) is 15.0. The third-order valence-electron chi connectivity index (χ3n) is 4.96. The maximum Gasteiger partial charge on any atom is 0.252 e. The Bertz CT molecular complexity index is 776. The molecule has 1 N–H and O–H groups in total. The van der Waals surface area contributed by atoms with Gasteiger partial charge >= 0.3 is 0 Å². The summed E-state index contributed by atoms with van der Waals surface area (Å²) in [6.45, 7) is 2.54. The van der Waals surface area contributed by atoms with Gasteiger partial charge in [0.15, 0.2) is 0 Å². The van der Waals surface area contributed by atoms with Gasteiger partial charge in [0.25, 0.3) is 5.91 Å². The third kappa shape index (κ3) is 5.08. The highest BCUT2D eigenvalue weighted by atomic mass is 79.9. The highest BCUT2D eigenvalue weighted by Crippen LogP contribution is 2.26. The van der Waals surface area contributed by atoms with E-state index < -0.39 is 0 Å². The molecule has 6 heteroatoms. The summed E-state index contributed by atoms with van der Waals surface area (Å²) in [5.74, 6) is 0.232. The largest absolute Gasteiger partial charge is 0.497 e. The summed E-state index contributed by atoms with van der Waals surface area (Å²) < 4.78 is 19.0. The van der Waals surface area contributed by atoms with Crippen LogP contribution in [0.5, 0.6) is 5.75 Å². The van der Waals surface area contributed by atoms with E-state index in [0.717, 1.165) is 24.4 Å². The molecule has 1 amide bonds. The Morgan fingerprint density at radius 2 is 1.89 bits per heavy atom. The second kappa shape index (κ2) is 9.33. The highest BCUT2D eigenvalue weighted by Gasteiger charge is 2.23. The van der Waals surface area contributed by atoms with Crippen LogP contribution in [0.4, 0.5) is 4.39 Å². The van der Waals surface area contributed by atoms with Crippen molar-refractivity contribution in [3.63, 3.8) is 0 Å². The predicted octanol–water partition coefficient (Wildman–Crippen LogP) is 4.55. The molecule has 0 aromatic heterocycles. The minimum Gasteiger partial charge on any atom is -0.497 e. The molecule has 0 saturated carbocycles. The molecule has 1 aliphatic rings. The van der Waals surface area contributed by atoms with Crippen LogP contribution in [0, 0.1) is 5.82 Å². The minimum absolute atomic E-state index is 0.0966.